The summed E-state index contributed by atoms with van der Waals surface area (Å²) in [6.45, 7) is 0.488. The number of hydrogen-bond donors (Lipinski definition) is 3. The molecule has 0 atom stereocenters. The standard InChI is InChI=1S/C15H16N2O3S/c18-14(19)7-6-11-3-1-4-12(9-11)17-15(20)16-10-13-5-2-8-21-13/h1-5,8-9H,6-7,10H2,(H,18,19)(H2,16,17,20). The zero-order chi connectivity index (χ0) is 15.1. The summed E-state index contributed by atoms with van der Waals surface area (Å²) in [4.78, 5) is 23.4. The molecule has 0 bridgehead atoms. The van der Waals surface area contributed by atoms with Crippen molar-refractivity contribution < 1.29 is 14.7 Å². The highest BCUT2D eigenvalue weighted by Crippen LogP contribution is 2.12. The van der Waals surface area contributed by atoms with Crippen LogP contribution in [0.3, 0.4) is 0 Å². The van der Waals surface area contributed by atoms with Crippen LogP contribution in [0, 0.1) is 0 Å². The second kappa shape index (κ2) is 7.44. The van der Waals surface area contributed by atoms with Crippen LogP contribution < -0.4 is 10.6 Å². The zero-order valence-electron chi connectivity index (χ0n) is 11.3. The van der Waals surface area contributed by atoms with Gasteiger partial charge >= 0.3 is 12.0 Å². The smallest absolute Gasteiger partial charge is 0.319 e. The van der Waals surface area contributed by atoms with Crippen LogP contribution in [-0.2, 0) is 17.8 Å². The molecule has 5 nitrogen and oxygen atoms in total. The summed E-state index contributed by atoms with van der Waals surface area (Å²) in [5.41, 5.74) is 1.54. The molecule has 0 aliphatic carbocycles. The normalized spacial score (nSPS) is 10.1. The van der Waals surface area contributed by atoms with Gasteiger partial charge in [-0.3, -0.25) is 4.79 Å². The van der Waals surface area contributed by atoms with E-state index in [0.717, 1.165) is 10.4 Å². The Bertz CT molecular complexity index is 611. The predicted molar refractivity (Wildman–Crippen MR) is 82.6 cm³/mol. The number of thiophene rings is 1. The first kappa shape index (κ1) is 15.1. The lowest BCUT2D eigenvalue weighted by Gasteiger charge is -2.08. The average Bonchev–Trinajstić information content (AvgIpc) is 2.97. The van der Waals surface area contributed by atoms with E-state index in [1.165, 1.54) is 0 Å². The molecule has 0 aliphatic rings. The first-order valence-corrected chi connectivity index (χ1v) is 7.39. The van der Waals surface area contributed by atoms with Crippen molar-refractivity contribution >= 4 is 29.0 Å². The summed E-state index contributed by atoms with van der Waals surface area (Å²) in [6, 6.07) is 10.8. The first-order valence-electron chi connectivity index (χ1n) is 6.51. The molecule has 0 saturated heterocycles. The average molecular weight is 304 g/mol. The molecule has 0 fully saturated rings. The largest absolute Gasteiger partial charge is 0.481 e. The molecular weight excluding hydrogens is 288 g/mol. The number of amides is 2. The van der Waals surface area contributed by atoms with E-state index in [2.05, 4.69) is 10.6 Å². The first-order chi connectivity index (χ1) is 10.1. The molecule has 3 N–H and O–H groups in total. The van der Waals surface area contributed by atoms with E-state index in [1.807, 2.05) is 23.6 Å². The lowest BCUT2D eigenvalue weighted by molar-refractivity contribution is -0.136. The molecule has 1 heterocycles. The van der Waals surface area contributed by atoms with Gasteiger partial charge in [-0.25, -0.2) is 4.79 Å². The minimum absolute atomic E-state index is 0.0774. The summed E-state index contributed by atoms with van der Waals surface area (Å²) in [6.07, 6.45) is 0.524. The van der Waals surface area contributed by atoms with E-state index in [0.29, 0.717) is 18.7 Å². The van der Waals surface area contributed by atoms with Gasteiger partial charge in [0.15, 0.2) is 0 Å². The van der Waals surface area contributed by atoms with Gasteiger partial charge in [0.1, 0.15) is 0 Å². The fraction of sp³-hybridized carbons (Fsp3) is 0.200. The van der Waals surface area contributed by atoms with Crippen LogP contribution in [0.4, 0.5) is 10.5 Å². The fourth-order valence-corrected chi connectivity index (χ4v) is 2.46. The molecule has 0 spiro atoms. The Morgan fingerprint density at radius 2 is 2.05 bits per heavy atom. The van der Waals surface area contributed by atoms with E-state index < -0.39 is 5.97 Å². The van der Waals surface area contributed by atoms with Gasteiger partial charge in [-0.1, -0.05) is 18.2 Å². The molecular formula is C15H16N2O3S. The zero-order valence-corrected chi connectivity index (χ0v) is 12.2. The van der Waals surface area contributed by atoms with Gasteiger partial charge in [-0.2, -0.15) is 0 Å². The Balaban J connectivity index is 1.85. The number of nitrogens with one attached hydrogen (secondary N) is 2. The van der Waals surface area contributed by atoms with Crippen LogP contribution >= 0.6 is 11.3 Å². The highest BCUT2D eigenvalue weighted by Gasteiger charge is 2.04. The SMILES string of the molecule is O=C(O)CCc1cccc(NC(=O)NCc2cccs2)c1. The predicted octanol–water partition coefficient (Wildman–Crippen LogP) is 3.09. The van der Waals surface area contributed by atoms with Crippen molar-refractivity contribution in [3.8, 4) is 0 Å². The van der Waals surface area contributed by atoms with Gasteiger partial charge in [-0.05, 0) is 35.6 Å². The van der Waals surface area contributed by atoms with Crippen molar-refractivity contribution in [2.24, 2.45) is 0 Å². The monoisotopic (exact) mass is 304 g/mol. The van der Waals surface area contributed by atoms with E-state index in [-0.39, 0.29) is 12.5 Å². The summed E-state index contributed by atoms with van der Waals surface area (Å²) >= 11 is 1.58. The quantitative estimate of drug-likeness (QED) is 0.767. The van der Waals surface area contributed by atoms with Gasteiger partial charge < -0.3 is 15.7 Å². The number of carboxylic acid groups (broad SMARTS) is 1. The van der Waals surface area contributed by atoms with Crippen LogP contribution in [0.2, 0.25) is 0 Å². The second-order valence-corrected chi connectivity index (χ2v) is 5.51. The number of carbonyl (C=O) groups is 2. The third kappa shape index (κ3) is 5.27. The van der Waals surface area contributed by atoms with Crippen LogP contribution in [-0.4, -0.2) is 17.1 Å². The van der Waals surface area contributed by atoms with Crippen molar-refractivity contribution in [1.29, 1.82) is 0 Å². The fourth-order valence-electron chi connectivity index (χ4n) is 1.81. The number of aliphatic carboxylic acids is 1. The molecule has 2 rings (SSSR count). The van der Waals surface area contributed by atoms with Gasteiger partial charge in [-0.15, -0.1) is 11.3 Å². The maximum Gasteiger partial charge on any atom is 0.319 e. The molecule has 110 valence electrons. The molecule has 21 heavy (non-hydrogen) atoms. The number of aryl methyl sites for hydroxylation is 1. The van der Waals surface area contributed by atoms with Crippen LogP contribution in [0.25, 0.3) is 0 Å². The molecule has 0 radical (unpaired) electrons. The third-order valence-electron chi connectivity index (χ3n) is 2.82. The molecule has 0 saturated carbocycles. The number of hydrogen-bond acceptors (Lipinski definition) is 3. The number of anilines is 1. The molecule has 0 aliphatic heterocycles. The van der Waals surface area contributed by atoms with Crippen LogP contribution in [0.1, 0.15) is 16.9 Å². The van der Waals surface area contributed by atoms with E-state index in [1.54, 1.807) is 29.5 Å². The van der Waals surface area contributed by atoms with E-state index in [9.17, 15) is 9.59 Å². The third-order valence-corrected chi connectivity index (χ3v) is 3.69. The Kier molecular flexibility index (Phi) is 5.34. The number of carboxylic acids is 1. The van der Waals surface area contributed by atoms with Gasteiger partial charge in [0.05, 0.1) is 6.54 Å². The highest BCUT2D eigenvalue weighted by molar-refractivity contribution is 7.09. The van der Waals surface area contributed by atoms with Crippen LogP contribution in [0.15, 0.2) is 41.8 Å². The molecule has 1 aromatic heterocycles. The lowest BCUT2D eigenvalue weighted by atomic mass is 10.1. The lowest BCUT2D eigenvalue weighted by Crippen LogP contribution is -2.27. The molecule has 6 heteroatoms. The maximum absolute atomic E-state index is 11.8. The Morgan fingerprint density at radius 1 is 1.19 bits per heavy atom. The Morgan fingerprint density at radius 3 is 2.76 bits per heavy atom. The molecule has 0 unspecified atom stereocenters. The number of benzene rings is 1. The van der Waals surface area contributed by atoms with Crippen molar-refractivity contribution in [3.05, 3.63) is 52.2 Å². The summed E-state index contributed by atoms with van der Waals surface area (Å²) in [7, 11) is 0. The highest BCUT2D eigenvalue weighted by atomic mass is 32.1. The van der Waals surface area contributed by atoms with Crippen molar-refractivity contribution in [2.45, 2.75) is 19.4 Å². The molecule has 2 aromatic rings. The van der Waals surface area contributed by atoms with Crippen molar-refractivity contribution in [1.82, 2.24) is 5.32 Å². The minimum Gasteiger partial charge on any atom is -0.481 e. The molecule has 1 aromatic carbocycles. The number of carbonyl (C=O) groups excluding carboxylic acids is 1. The van der Waals surface area contributed by atoms with Gasteiger partial charge in [0.2, 0.25) is 0 Å². The summed E-state index contributed by atoms with van der Waals surface area (Å²) in [5.74, 6) is -0.831. The maximum atomic E-state index is 11.8. The number of rotatable bonds is 6. The van der Waals surface area contributed by atoms with Crippen molar-refractivity contribution in [3.63, 3.8) is 0 Å². The summed E-state index contributed by atoms with van der Waals surface area (Å²) in [5, 5.41) is 16.1. The van der Waals surface area contributed by atoms with Gasteiger partial charge in [0.25, 0.3) is 0 Å². The molecule has 2 amide bonds. The van der Waals surface area contributed by atoms with Gasteiger partial charge in [0, 0.05) is 17.0 Å². The second-order valence-electron chi connectivity index (χ2n) is 4.48. The summed E-state index contributed by atoms with van der Waals surface area (Å²) < 4.78 is 0. The topological polar surface area (TPSA) is 78.4 Å². The Labute approximate surface area is 126 Å². The van der Waals surface area contributed by atoms with E-state index in [4.69, 9.17) is 5.11 Å². The minimum atomic E-state index is -0.831. The van der Waals surface area contributed by atoms with Crippen LogP contribution in [0.5, 0.6) is 0 Å². The van der Waals surface area contributed by atoms with E-state index >= 15 is 0 Å². The Hall–Kier alpha value is -2.34. The van der Waals surface area contributed by atoms with Crippen molar-refractivity contribution in [2.75, 3.05) is 5.32 Å². The number of urea groups is 1.